The predicted molar refractivity (Wildman–Crippen MR) is 82.0 cm³/mol. The summed E-state index contributed by atoms with van der Waals surface area (Å²) in [4.78, 5) is 36.0. The van der Waals surface area contributed by atoms with E-state index in [0.29, 0.717) is 17.9 Å². The molecule has 0 spiro atoms. The summed E-state index contributed by atoms with van der Waals surface area (Å²) in [6.45, 7) is 3.43. The minimum atomic E-state index is -1.32. The fourth-order valence-corrected chi connectivity index (χ4v) is 2.72. The second-order valence-corrected chi connectivity index (χ2v) is 5.34. The van der Waals surface area contributed by atoms with Gasteiger partial charge in [-0.25, -0.2) is 0 Å². The summed E-state index contributed by atoms with van der Waals surface area (Å²) in [6, 6.07) is 5.90. The lowest BCUT2D eigenvalue weighted by molar-refractivity contribution is -0.305. The molecule has 1 amide bonds. The van der Waals surface area contributed by atoms with Gasteiger partial charge in [-0.05, 0) is 31.5 Å². The fraction of sp³-hybridized carbons (Fsp3) is 0.353. The van der Waals surface area contributed by atoms with Gasteiger partial charge in [0.2, 0.25) is 0 Å². The van der Waals surface area contributed by atoms with Gasteiger partial charge in [0.25, 0.3) is 5.91 Å². The van der Waals surface area contributed by atoms with E-state index in [1.165, 1.54) is 6.92 Å². The van der Waals surface area contributed by atoms with Crippen molar-refractivity contribution in [3.8, 4) is 5.75 Å². The number of Topliss-reactive ketones (excluding diaryl/α,β-unsaturated/α-hetero) is 1. The van der Waals surface area contributed by atoms with Crippen LogP contribution in [-0.4, -0.2) is 40.8 Å². The topological polar surface area (TPSA) is 107 Å². The van der Waals surface area contributed by atoms with E-state index in [1.54, 1.807) is 24.3 Å². The molecule has 1 N–H and O–H groups in total. The number of carboxylic acid groups (broad SMARTS) is 1. The van der Waals surface area contributed by atoms with E-state index >= 15 is 0 Å². The average Bonchev–Trinajstić information content (AvgIpc) is 2.78. The number of benzene rings is 1. The molecular weight excluding hydrogens is 314 g/mol. The summed E-state index contributed by atoms with van der Waals surface area (Å²) in [5, 5.41) is 20.7. The lowest BCUT2D eigenvalue weighted by atomic mass is 9.96. The van der Waals surface area contributed by atoms with Crippen molar-refractivity contribution in [2.45, 2.75) is 26.3 Å². The molecule has 0 saturated heterocycles. The second kappa shape index (κ2) is 7.16. The van der Waals surface area contributed by atoms with Crippen molar-refractivity contribution in [1.29, 1.82) is 0 Å². The second-order valence-electron chi connectivity index (χ2n) is 5.34. The molecule has 24 heavy (non-hydrogen) atoms. The molecule has 1 aliphatic heterocycles. The molecule has 1 atom stereocenters. The van der Waals surface area contributed by atoms with Crippen LogP contribution in [0.5, 0.6) is 5.75 Å². The van der Waals surface area contributed by atoms with Crippen LogP contribution in [0.2, 0.25) is 0 Å². The van der Waals surface area contributed by atoms with Gasteiger partial charge in [0.05, 0.1) is 18.2 Å². The van der Waals surface area contributed by atoms with E-state index in [9.17, 15) is 24.6 Å². The predicted octanol–water partition coefficient (Wildman–Crippen LogP) is 0.510. The van der Waals surface area contributed by atoms with E-state index in [4.69, 9.17) is 4.74 Å². The first-order chi connectivity index (χ1) is 11.4. The van der Waals surface area contributed by atoms with Crippen molar-refractivity contribution in [3.05, 3.63) is 41.2 Å². The number of carbonyl (C=O) groups excluding carboxylic acids is 3. The van der Waals surface area contributed by atoms with Crippen molar-refractivity contribution < 1.29 is 29.3 Å². The first kappa shape index (κ1) is 17.5. The van der Waals surface area contributed by atoms with Crippen molar-refractivity contribution in [2.24, 2.45) is 0 Å². The van der Waals surface area contributed by atoms with Gasteiger partial charge >= 0.3 is 0 Å². The maximum absolute atomic E-state index is 12.2. The molecule has 1 aliphatic rings. The number of aliphatic carboxylic acids is 1. The molecule has 0 unspecified atom stereocenters. The molecule has 0 bridgehead atoms. The molecule has 2 rings (SSSR count). The molecule has 7 heteroatoms. The number of amides is 1. The number of ketones is 1. The maximum Gasteiger partial charge on any atom is 0.290 e. The molecule has 1 aromatic rings. The first-order valence-electron chi connectivity index (χ1n) is 7.54. The van der Waals surface area contributed by atoms with Crippen LogP contribution >= 0.6 is 0 Å². The van der Waals surface area contributed by atoms with Gasteiger partial charge in [-0.1, -0.05) is 12.1 Å². The summed E-state index contributed by atoms with van der Waals surface area (Å²) in [5.41, 5.74) is 0.543. The van der Waals surface area contributed by atoms with Crippen LogP contribution in [0.15, 0.2) is 35.6 Å². The Morgan fingerprint density at radius 3 is 2.42 bits per heavy atom. The highest BCUT2D eigenvalue weighted by Gasteiger charge is 2.41. The number of hydrogen-bond donors (Lipinski definition) is 1. The van der Waals surface area contributed by atoms with Gasteiger partial charge in [0.1, 0.15) is 5.75 Å². The summed E-state index contributed by atoms with van der Waals surface area (Å²) >= 11 is 0. The number of aliphatic hydroxyl groups excluding tert-OH is 1. The largest absolute Gasteiger partial charge is 0.550 e. The molecule has 1 aromatic carbocycles. The number of ether oxygens (including phenoxy) is 1. The molecule has 0 radical (unpaired) electrons. The smallest absolute Gasteiger partial charge is 0.290 e. The summed E-state index contributed by atoms with van der Waals surface area (Å²) in [6.07, 6.45) is -0.391. The molecule has 0 saturated carbocycles. The van der Waals surface area contributed by atoms with Gasteiger partial charge in [0, 0.05) is 18.9 Å². The number of hydrogen-bond acceptors (Lipinski definition) is 6. The van der Waals surface area contributed by atoms with E-state index in [1.807, 2.05) is 6.92 Å². The van der Waals surface area contributed by atoms with Crippen LogP contribution in [0.25, 0.3) is 0 Å². The lowest BCUT2D eigenvalue weighted by Gasteiger charge is -2.26. The van der Waals surface area contributed by atoms with Crippen LogP contribution in [0, 0.1) is 0 Å². The van der Waals surface area contributed by atoms with Gasteiger partial charge in [-0.3, -0.25) is 9.59 Å². The van der Waals surface area contributed by atoms with E-state index in [0.717, 1.165) is 4.90 Å². The minimum absolute atomic E-state index is 0.0393. The molecule has 7 nitrogen and oxygen atoms in total. The van der Waals surface area contributed by atoms with Gasteiger partial charge in [0.15, 0.2) is 11.5 Å². The maximum atomic E-state index is 12.2. The Hall–Kier alpha value is -2.83. The monoisotopic (exact) mass is 332 g/mol. The Balaban J connectivity index is 2.40. The number of rotatable bonds is 7. The highest BCUT2D eigenvalue weighted by molar-refractivity contribution is 6.08. The van der Waals surface area contributed by atoms with Crippen molar-refractivity contribution in [3.63, 3.8) is 0 Å². The molecular formula is C17H18NO6-. The lowest BCUT2D eigenvalue weighted by Crippen LogP contribution is -2.35. The third kappa shape index (κ3) is 3.40. The SMILES string of the molecule is CCOc1ccc([C@H]2C(C(C)=O)=C(O)C(=O)N2CCC(=O)[O-])cc1. The zero-order chi connectivity index (χ0) is 17.9. The summed E-state index contributed by atoms with van der Waals surface area (Å²) < 4.78 is 5.35. The average molecular weight is 332 g/mol. The summed E-state index contributed by atoms with van der Waals surface area (Å²) in [5.74, 6) is -2.54. The number of nitrogens with zero attached hydrogens (tertiary/aromatic N) is 1. The molecule has 0 aromatic heterocycles. The van der Waals surface area contributed by atoms with Crippen molar-refractivity contribution >= 4 is 17.7 Å². The Labute approximate surface area is 139 Å². The number of aliphatic hydroxyl groups is 1. The zero-order valence-corrected chi connectivity index (χ0v) is 13.4. The fourth-order valence-electron chi connectivity index (χ4n) is 2.72. The minimum Gasteiger partial charge on any atom is -0.550 e. The van der Waals surface area contributed by atoms with E-state index < -0.39 is 35.9 Å². The standard InChI is InChI=1S/C17H19NO6/c1-3-24-12-6-4-11(5-7-12)15-14(10(2)19)16(22)17(23)18(15)9-8-13(20)21/h4-7,15,22H,3,8-9H2,1-2H3,(H,20,21)/p-1/t15-/m0/s1. The quantitative estimate of drug-likeness (QED) is 0.779. The molecule has 1 heterocycles. The summed E-state index contributed by atoms with van der Waals surface area (Å²) in [7, 11) is 0. The van der Waals surface area contributed by atoms with E-state index in [-0.39, 0.29) is 12.1 Å². The third-order valence-corrected chi connectivity index (χ3v) is 3.75. The third-order valence-electron chi connectivity index (χ3n) is 3.75. The van der Waals surface area contributed by atoms with Crippen molar-refractivity contribution in [2.75, 3.05) is 13.2 Å². The molecule has 128 valence electrons. The van der Waals surface area contributed by atoms with E-state index in [2.05, 4.69) is 0 Å². The highest BCUT2D eigenvalue weighted by Crippen LogP contribution is 2.38. The first-order valence-corrected chi connectivity index (χ1v) is 7.54. The van der Waals surface area contributed by atoms with Gasteiger partial charge in [-0.2, -0.15) is 0 Å². The number of carboxylic acids is 1. The van der Waals surface area contributed by atoms with Crippen LogP contribution in [-0.2, 0) is 14.4 Å². The van der Waals surface area contributed by atoms with Crippen LogP contribution in [0.3, 0.4) is 0 Å². The van der Waals surface area contributed by atoms with Crippen LogP contribution < -0.4 is 9.84 Å². The van der Waals surface area contributed by atoms with Crippen molar-refractivity contribution in [1.82, 2.24) is 4.90 Å². The van der Waals surface area contributed by atoms with Crippen LogP contribution in [0.4, 0.5) is 0 Å². The Morgan fingerprint density at radius 1 is 1.29 bits per heavy atom. The normalized spacial score (nSPS) is 17.3. The molecule has 0 fully saturated rings. The Bertz CT molecular complexity index is 692. The molecule has 0 aliphatic carbocycles. The van der Waals surface area contributed by atoms with Gasteiger partial charge < -0.3 is 24.6 Å². The zero-order valence-electron chi connectivity index (χ0n) is 13.4. The highest BCUT2D eigenvalue weighted by atomic mass is 16.5. The van der Waals surface area contributed by atoms with Crippen LogP contribution in [0.1, 0.15) is 31.9 Å². The van der Waals surface area contributed by atoms with Gasteiger partial charge in [-0.15, -0.1) is 0 Å². The number of carbonyl (C=O) groups is 3. The Kier molecular flexibility index (Phi) is 5.23. The Morgan fingerprint density at radius 2 is 1.92 bits per heavy atom.